The van der Waals surface area contributed by atoms with E-state index in [1.165, 1.54) is 4.31 Å². The van der Waals surface area contributed by atoms with Gasteiger partial charge in [0, 0.05) is 21.8 Å². The average Bonchev–Trinajstić information content (AvgIpc) is 3.17. The number of aliphatic hydroxyl groups is 1. The predicted molar refractivity (Wildman–Crippen MR) is 142 cm³/mol. The van der Waals surface area contributed by atoms with Crippen molar-refractivity contribution in [1.29, 1.82) is 0 Å². The van der Waals surface area contributed by atoms with Crippen molar-refractivity contribution in [2.45, 2.75) is 31.4 Å². The first-order valence-electron chi connectivity index (χ1n) is 11.6. The number of hydrogen-bond acceptors (Lipinski definition) is 3. The number of aromatic nitrogens is 1. The van der Waals surface area contributed by atoms with Crippen molar-refractivity contribution >= 4 is 37.5 Å². The molecule has 0 saturated heterocycles. The Morgan fingerprint density at radius 2 is 1.23 bits per heavy atom. The van der Waals surface area contributed by atoms with Gasteiger partial charge in [0.15, 0.2) is 0 Å². The van der Waals surface area contributed by atoms with Crippen LogP contribution in [0.25, 0.3) is 21.8 Å². The van der Waals surface area contributed by atoms with Crippen LogP contribution in [-0.4, -0.2) is 30.7 Å². The third-order valence-corrected chi connectivity index (χ3v) is 8.19. The number of anilines is 1. The molecule has 0 fully saturated rings. The zero-order valence-electron chi connectivity index (χ0n) is 19.8. The molecule has 0 aliphatic carbocycles. The van der Waals surface area contributed by atoms with Gasteiger partial charge in [0.05, 0.1) is 29.8 Å². The number of sulfonamides is 1. The van der Waals surface area contributed by atoms with Gasteiger partial charge in [-0.1, -0.05) is 71.8 Å². The normalized spacial score (nSPS) is 12.8. The lowest BCUT2D eigenvalue weighted by atomic mass is 10.2. The topological polar surface area (TPSA) is 62.5 Å². The maximum atomic E-state index is 13.7. The van der Waals surface area contributed by atoms with E-state index >= 15 is 0 Å². The molecule has 5 aromatic rings. The summed E-state index contributed by atoms with van der Waals surface area (Å²) < 4.78 is 30.8. The Bertz CT molecular complexity index is 1530. The van der Waals surface area contributed by atoms with E-state index < -0.39 is 16.1 Å². The lowest BCUT2D eigenvalue weighted by Crippen LogP contribution is -2.39. The smallest absolute Gasteiger partial charge is 0.264 e. The lowest BCUT2D eigenvalue weighted by Gasteiger charge is -2.27. The van der Waals surface area contributed by atoms with Crippen LogP contribution >= 0.6 is 0 Å². The number of hydrogen-bond donors (Lipinski definition) is 1. The van der Waals surface area contributed by atoms with Crippen LogP contribution < -0.4 is 4.31 Å². The SMILES string of the molecule is Cc1ccc(N(C[C@@H](O)Cn2c3ccccc3c3ccccc32)S(=O)(=O)c2ccc(C)cc2)cc1. The fourth-order valence-electron chi connectivity index (χ4n) is 4.55. The van der Waals surface area contributed by atoms with Gasteiger partial charge in [-0.2, -0.15) is 0 Å². The fraction of sp³-hybridized carbons (Fsp3) is 0.172. The van der Waals surface area contributed by atoms with Crippen LogP contribution in [-0.2, 0) is 16.6 Å². The van der Waals surface area contributed by atoms with Crippen LogP contribution in [0.2, 0.25) is 0 Å². The number of fused-ring (bicyclic) bond motifs is 3. The van der Waals surface area contributed by atoms with Gasteiger partial charge in [0.2, 0.25) is 0 Å². The maximum Gasteiger partial charge on any atom is 0.264 e. The van der Waals surface area contributed by atoms with Crippen LogP contribution in [0.4, 0.5) is 5.69 Å². The van der Waals surface area contributed by atoms with Gasteiger partial charge in [0.25, 0.3) is 10.0 Å². The summed E-state index contributed by atoms with van der Waals surface area (Å²) in [4.78, 5) is 0.202. The predicted octanol–water partition coefficient (Wildman–Crippen LogP) is 5.67. The van der Waals surface area contributed by atoms with Gasteiger partial charge < -0.3 is 9.67 Å². The minimum atomic E-state index is -3.88. The zero-order chi connectivity index (χ0) is 24.6. The quantitative estimate of drug-likeness (QED) is 0.324. The highest BCUT2D eigenvalue weighted by molar-refractivity contribution is 7.92. The number of benzene rings is 4. The molecule has 0 radical (unpaired) electrons. The summed E-state index contributed by atoms with van der Waals surface area (Å²) in [6.07, 6.45) is -0.935. The molecule has 5 nitrogen and oxygen atoms in total. The molecule has 178 valence electrons. The molecule has 5 rings (SSSR count). The molecule has 1 aromatic heterocycles. The number of aryl methyl sites for hydroxylation is 2. The second-order valence-corrected chi connectivity index (χ2v) is 10.8. The molecule has 0 amide bonds. The van der Waals surface area contributed by atoms with E-state index in [2.05, 4.69) is 16.7 Å². The first-order chi connectivity index (χ1) is 16.8. The Morgan fingerprint density at radius 3 is 1.77 bits per heavy atom. The number of nitrogens with zero attached hydrogens (tertiary/aromatic N) is 2. The Kier molecular flexibility index (Phi) is 6.09. The number of rotatable bonds is 7. The monoisotopic (exact) mass is 484 g/mol. The highest BCUT2D eigenvalue weighted by atomic mass is 32.2. The van der Waals surface area contributed by atoms with Crippen molar-refractivity contribution in [3.05, 3.63) is 108 Å². The van der Waals surface area contributed by atoms with Gasteiger partial charge in [-0.25, -0.2) is 8.42 Å². The standard InChI is InChI=1S/C29H28N2O3S/c1-21-11-15-23(16-12-21)31(35(33,34)25-17-13-22(2)14-18-25)20-24(32)19-30-28-9-5-3-7-26(28)27-8-4-6-10-29(27)30/h3-18,24,32H,19-20H2,1-2H3/t24-/m0/s1. The molecule has 6 heteroatoms. The van der Waals surface area contributed by atoms with E-state index in [-0.39, 0.29) is 18.0 Å². The van der Waals surface area contributed by atoms with Crippen LogP contribution in [0.15, 0.2) is 102 Å². The Balaban J connectivity index is 1.53. The largest absolute Gasteiger partial charge is 0.389 e. The van der Waals surface area contributed by atoms with Gasteiger partial charge in [-0.05, 0) is 50.2 Å². The summed E-state index contributed by atoms with van der Waals surface area (Å²) in [6, 6.07) is 30.3. The van der Waals surface area contributed by atoms with Crippen molar-refractivity contribution in [1.82, 2.24) is 4.57 Å². The lowest BCUT2D eigenvalue weighted by molar-refractivity contribution is 0.166. The summed E-state index contributed by atoms with van der Waals surface area (Å²) in [5.74, 6) is 0. The molecule has 0 aliphatic heterocycles. The molecule has 0 unspecified atom stereocenters. The van der Waals surface area contributed by atoms with E-state index in [0.29, 0.717) is 5.69 Å². The van der Waals surface area contributed by atoms with Crippen LogP contribution in [0, 0.1) is 13.8 Å². The van der Waals surface area contributed by atoms with E-state index in [1.807, 2.05) is 62.4 Å². The molecule has 4 aromatic carbocycles. The molecule has 0 saturated carbocycles. The fourth-order valence-corrected chi connectivity index (χ4v) is 6.05. The second kappa shape index (κ2) is 9.21. The van der Waals surface area contributed by atoms with E-state index in [0.717, 1.165) is 32.9 Å². The minimum Gasteiger partial charge on any atom is -0.389 e. The molecule has 1 atom stereocenters. The second-order valence-electron chi connectivity index (χ2n) is 8.98. The van der Waals surface area contributed by atoms with E-state index in [9.17, 15) is 13.5 Å². The maximum absolute atomic E-state index is 13.7. The van der Waals surface area contributed by atoms with Crippen LogP contribution in [0.5, 0.6) is 0 Å². The molecule has 0 aliphatic rings. The van der Waals surface area contributed by atoms with Gasteiger partial charge in [-0.15, -0.1) is 0 Å². The number of aliphatic hydroxyl groups excluding tert-OH is 1. The third kappa shape index (κ3) is 4.43. The van der Waals surface area contributed by atoms with Crippen molar-refractivity contribution in [2.24, 2.45) is 0 Å². The van der Waals surface area contributed by atoms with E-state index in [1.54, 1.807) is 36.4 Å². The van der Waals surface area contributed by atoms with Gasteiger partial charge >= 0.3 is 0 Å². The van der Waals surface area contributed by atoms with Gasteiger partial charge in [0.1, 0.15) is 0 Å². The molecular weight excluding hydrogens is 456 g/mol. The Hall–Kier alpha value is -3.61. The van der Waals surface area contributed by atoms with Crippen molar-refractivity contribution in [3.8, 4) is 0 Å². The van der Waals surface area contributed by atoms with Crippen LogP contribution in [0.3, 0.4) is 0 Å². The highest BCUT2D eigenvalue weighted by Gasteiger charge is 2.28. The molecule has 35 heavy (non-hydrogen) atoms. The van der Waals surface area contributed by atoms with Crippen molar-refractivity contribution < 1.29 is 13.5 Å². The van der Waals surface area contributed by atoms with Gasteiger partial charge in [-0.3, -0.25) is 4.31 Å². The highest BCUT2D eigenvalue weighted by Crippen LogP contribution is 2.30. The third-order valence-electron chi connectivity index (χ3n) is 6.38. The zero-order valence-corrected chi connectivity index (χ0v) is 20.6. The summed E-state index contributed by atoms with van der Waals surface area (Å²) in [7, 11) is -3.88. The summed E-state index contributed by atoms with van der Waals surface area (Å²) >= 11 is 0. The van der Waals surface area contributed by atoms with Crippen molar-refractivity contribution in [2.75, 3.05) is 10.8 Å². The summed E-state index contributed by atoms with van der Waals surface area (Å²) in [6.45, 7) is 4.07. The first kappa shape index (κ1) is 23.1. The Labute approximate surface area is 205 Å². The minimum absolute atomic E-state index is 0.0693. The first-order valence-corrected chi connectivity index (χ1v) is 13.1. The molecule has 1 N–H and O–H groups in total. The van der Waals surface area contributed by atoms with E-state index in [4.69, 9.17) is 0 Å². The summed E-state index contributed by atoms with van der Waals surface area (Å²) in [5, 5.41) is 13.5. The molecule has 0 spiro atoms. The van der Waals surface area contributed by atoms with Crippen LogP contribution in [0.1, 0.15) is 11.1 Å². The molecule has 1 heterocycles. The molecule has 0 bridgehead atoms. The summed E-state index contributed by atoms with van der Waals surface area (Å²) in [5.41, 5.74) is 4.56. The van der Waals surface area contributed by atoms with Crippen molar-refractivity contribution in [3.63, 3.8) is 0 Å². The average molecular weight is 485 g/mol. The Morgan fingerprint density at radius 1 is 0.743 bits per heavy atom. The number of para-hydroxylation sites is 2. The molecular formula is C29H28N2O3S.